The van der Waals surface area contributed by atoms with Crippen LogP contribution in [0.15, 0.2) is 36.0 Å². The van der Waals surface area contributed by atoms with Crippen LogP contribution in [-0.4, -0.2) is 11.2 Å². The predicted molar refractivity (Wildman–Crippen MR) is 70.4 cm³/mol. The molecule has 1 heteroatoms. The van der Waals surface area contributed by atoms with Crippen LogP contribution in [0.3, 0.4) is 0 Å². The van der Waals surface area contributed by atoms with Crippen molar-refractivity contribution in [2.24, 2.45) is 0 Å². The van der Waals surface area contributed by atoms with Crippen LogP contribution in [0.4, 0.5) is 0 Å². The summed E-state index contributed by atoms with van der Waals surface area (Å²) in [4.78, 5) is 0. The van der Waals surface area contributed by atoms with Gasteiger partial charge in [-0.1, -0.05) is 37.3 Å². The molecule has 0 amide bonds. The minimum Gasteiger partial charge on any atom is -0.389 e. The summed E-state index contributed by atoms with van der Waals surface area (Å²) in [6.45, 7) is 2.04. The van der Waals surface area contributed by atoms with Crippen LogP contribution in [0.1, 0.15) is 51.9 Å². The van der Waals surface area contributed by atoms with Gasteiger partial charge in [0.1, 0.15) is 0 Å². The topological polar surface area (TPSA) is 20.2 Å². The van der Waals surface area contributed by atoms with E-state index in [1.54, 1.807) is 0 Å². The molecule has 0 aromatic carbocycles. The molecule has 0 aromatic rings. The summed E-state index contributed by atoms with van der Waals surface area (Å²) in [6.07, 6.45) is 18.4. The van der Waals surface area contributed by atoms with Crippen LogP contribution >= 0.6 is 0 Å². The fraction of sp³-hybridized carbons (Fsp3) is 0.600. The Morgan fingerprint density at radius 3 is 2.19 bits per heavy atom. The normalized spacial score (nSPS) is 28.0. The van der Waals surface area contributed by atoms with Crippen molar-refractivity contribution in [1.29, 1.82) is 0 Å². The van der Waals surface area contributed by atoms with E-state index in [-0.39, 0.29) is 6.10 Å². The SMILES string of the molecule is CCC(O)/C1=C\CC/C=C/CC/C=C/CC1. The lowest BCUT2D eigenvalue weighted by Gasteiger charge is -2.12. The van der Waals surface area contributed by atoms with Crippen molar-refractivity contribution in [3.8, 4) is 0 Å². The van der Waals surface area contributed by atoms with E-state index in [9.17, 15) is 5.11 Å². The van der Waals surface area contributed by atoms with E-state index in [0.29, 0.717) is 0 Å². The number of aliphatic hydroxyl groups excluding tert-OH is 1. The lowest BCUT2D eigenvalue weighted by Crippen LogP contribution is -2.08. The highest BCUT2D eigenvalue weighted by molar-refractivity contribution is 5.10. The summed E-state index contributed by atoms with van der Waals surface area (Å²) in [7, 11) is 0. The van der Waals surface area contributed by atoms with Crippen LogP contribution in [-0.2, 0) is 0 Å². The van der Waals surface area contributed by atoms with Gasteiger partial charge < -0.3 is 5.11 Å². The van der Waals surface area contributed by atoms with Crippen molar-refractivity contribution >= 4 is 0 Å². The molecule has 0 fully saturated rings. The first kappa shape index (κ1) is 13.2. The maximum atomic E-state index is 9.88. The second-order valence-electron chi connectivity index (χ2n) is 4.34. The molecule has 0 heterocycles. The zero-order valence-corrected chi connectivity index (χ0v) is 10.4. The molecule has 1 aliphatic carbocycles. The maximum Gasteiger partial charge on any atom is 0.0747 e. The molecule has 0 aliphatic heterocycles. The smallest absolute Gasteiger partial charge is 0.0747 e. The Morgan fingerprint density at radius 1 is 1.00 bits per heavy atom. The third-order valence-corrected chi connectivity index (χ3v) is 2.99. The molecule has 1 rings (SSSR count). The van der Waals surface area contributed by atoms with Crippen LogP contribution < -0.4 is 0 Å². The van der Waals surface area contributed by atoms with Gasteiger partial charge in [0.25, 0.3) is 0 Å². The molecule has 1 aliphatic rings. The summed E-state index contributed by atoms with van der Waals surface area (Å²) in [5.74, 6) is 0. The number of rotatable bonds is 2. The summed E-state index contributed by atoms with van der Waals surface area (Å²) in [5.41, 5.74) is 1.22. The second kappa shape index (κ2) is 8.35. The molecule has 0 radical (unpaired) electrons. The predicted octanol–water partition coefficient (Wildman–Crippen LogP) is 4.15. The van der Waals surface area contributed by atoms with E-state index in [1.807, 2.05) is 6.92 Å². The quantitative estimate of drug-likeness (QED) is 0.693. The van der Waals surface area contributed by atoms with E-state index >= 15 is 0 Å². The monoisotopic (exact) mass is 220 g/mol. The van der Waals surface area contributed by atoms with Crippen molar-refractivity contribution in [1.82, 2.24) is 0 Å². The Hall–Kier alpha value is -0.820. The third kappa shape index (κ3) is 5.32. The lowest BCUT2D eigenvalue weighted by molar-refractivity contribution is 0.202. The Labute approximate surface area is 99.6 Å². The molecule has 0 spiro atoms. The van der Waals surface area contributed by atoms with E-state index in [4.69, 9.17) is 0 Å². The first-order chi connectivity index (χ1) is 7.84. The molecule has 0 bridgehead atoms. The van der Waals surface area contributed by atoms with Crippen LogP contribution in [0.2, 0.25) is 0 Å². The highest BCUT2D eigenvalue weighted by Crippen LogP contribution is 2.16. The summed E-state index contributed by atoms with van der Waals surface area (Å²) in [5, 5.41) is 9.88. The minimum atomic E-state index is -0.236. The van der Waals surface area contributed by atoms with E-state index < -0.39 is 0 Å². The lowest BCUT2D eigenvalue weighted by atomic mass is 9.99. The largest absolute Gasteiger partial charge is 0.389 e. The van der Waals surface area contributed by atoms with Crippen molar-refractivity contribution in [2.45, 2.75) is 58.0 Å². The number of aliphatic hydroxyl groups is 1. The molecule has 1 unspecified atom stereocenters. The van der Waals surface area contributed by atoms with Gasteiger partial charge in [-0.2, -0.15) is 0 Å². The average Bonchev–Trinajstić information content (AvgIpc) is 2.29. The molecule has 1 atom stereocenters. The number of allylic oxidation sites excluding steroid dienone is 5. The summed E-state index contributed by atoms with van der Waals surface area (Å²) < 4.78 is 0. The van der Waals surface area contributed by atoms with Gasteiger partial charge in [-0.3, -0.25) is 0 Å². The molecule has 0 saturated carbocycles. The van der Waals surface area contributed by atoms with Gasteiger partial charge in [0.05, 0.1) is 6.10 Å². The first-order valence-corrected chi connectivity index (χ1v) is 6.51. The molecular formula is C15H24O. The highest BCUT2D eigenvalue weighted by Gasteiger charge is 2.06. The van der Waals surface area contributed by atoms with Crippen molar-refractivity contribution in [3.63, 3.8) is 0 Å². The zero-order chi connectivity index (χ0) is 11.6. The van der Waals surface area contributed by atoms with E-state index in [1.165, 1.54) is 5.57 Å². The third-order valence-electron chi connectivity index (χ3n) is 2.99. The van der Waals surface area contributed by atoms with Gasteiger partial charge in [0, 0.05) is 0 Å². The van der Waals surface area contributed by atoms with Gasteiger partial charge in [-0.25, -0.2) is 0 Å². The molecule has 16 heavy (non-hydrogen) atoms. The standard InChI is InChI=1S/C15H24O/c1-2-15(16)14-12-10-8-6-4-3-5-7-9-11-13-14/h4,6-7,9,12,15-16H,2-3,5,8,10-11,13H2,1H3/b6-4+,9-7+,14-12-. The zero-order valence-electron chi connectivity index (χ0n) is 10.4. The first-order valence-electron chi connectivity index (χ1n) is 6.51. The summed E-state index contributed by atoms with van der Waals surface area (Å²) in [6, 6.07) is 0. The Morgan fingerprint density at radius 2 is 1.56 bits per heavy atom. The van der Waals surface area contributed by atoms with Gasteiger partial charge >= 0.3 is 0 Å². The average molecular weight is 220 g/mol. The van der Waals surface area contributed by atoms with Crippen molar-refractivity contribution in [2.75, 3.05) is 0 Å². The molecule has 90 valence electrons. The molecule has 1 nitrogen and oxygen atoms in total. The van der Waals surface area contributed by atoms with Crippen molar-refractivity contribution in [3.05, 3.63) is 36.0 Å². The van der Waals surface area contributed by atoms with Crippen molar-refractivity contribution < 1.29 is 5.11 Å². The Kier molecular flexibility index (Phi) is 6.91. The van der Waals surface area contributed by atoms with Crippen LogP contribution in [0.5, 0.6) is 0 Å². The Balaban J connectivity index is 2.58. The van der Waals surface area contributed by atoms with Gasteiger partial charge in [-0.15, -0.1) is 0 Å². The van der Waals surface area contributed by atoms with Gasteiger partial charge in [-0.05, 0) is 50.5 Å². The fourth-order valence-electron chi connectivity index (χ4n) is 1.95. The maximum absolute atomic E-state index is 9.88. The second-order valence-corrected chi connectivity index (χ2v) is 4.34. The molecule has 0 aromatic heterocycles. The summed E-state index contributed by atoms with van der Waals surface area (Å²) >= 11 is 0. The fourth-order valence-corrected chi connectivity index (χ4v) is 1.95. The number of hydrogen-bond donors (Lipinski definition) is 1. The van der Waals surface area contributed by atoms with E-state index in [0.717, 1.165) is 44.9 Å². The molecular weight excluding hydrogens is 196 g/mol. The van der Waals surface area contributed by atoms with Crippen LogP contribution in [0, 0.1) is 0 Å². The Bertz CT molecular complexity index is 261. The minimum absolute atomic E-state index is 0.236. The van der Waals surface area contributed by atoms with Gasteiger partial charge in [0.15, 0.2) is 0 Å². The number of hydrogen-bond acceptors (Lipinski definition) is 1. The highest BCUT2D eigenvalue weighted by atomic mass is 16.3. The van der Waals surface area contributed by atoms with E-state index in [2.05, 4.69) is 30.4 Å². The molecule has 0 saturated heterocycles. The van der Waals surface area contributed by atoms with Gasteiger partial charge in [0.2, 0.25) is 0 Å². The van der Waals surface area contributed by atoms with Crippen LogP contribution in [0.25, 0.3) is 0 Å². The molecule has 1 N–H and O–H groups in total.